The van der Waals surface area contributed by atoms with Crippen LogP contribution in [0.2, 0.25) is 0 Å². The molecule has 0 fully saturated rings. The summed E-state index contributed by atoms with van der Waals surface area (Å²) in [6.07, 6.45) is 1.40. The molecule has 0 spiro atoms. The van der Waals surface area contributed by atoms with E-state index in [1.54, 1.807) is 6.92 Å². The SMILES string of the molecule is CCCc1oc(=O)oc1C(C)c1oc(=O)oc1C(C)C. The van der Waals surface area contributed by atoms with Gasteiger partial charge in [0, 0.05) is 12.3 Å². The molecule has 2 rings (SSSR count). The first-order valence-electron chi connectivity index (χ1n) is 6.70. The van der Waals surface area contributed by atoms with Crippen LogP contribution in [-0.4, -0.2) is 0 Å². The van der Waals surface area contributed by atoms with Gasteiger partial charge in [-0.3, -0.25) is 0 Å². The quantitative estimate of drug-likeness (QED) is 0.837. The molecule has 6 nitrogen and oxygen atoms in total. The molecule has 1 unspecified atom stereocenters. The summed E-state index contributed by atoms with van der Waals surface area (Å²) >= 11 is 0. The molecule has 0 aliphatic heterocycles. The molecule has 2 aromatic rings. The number of aryl methyl sites for hydroxylation is 1. The Hall–Kier alpha value is -1.98. The lowest BCUT2D eigenvalue weighted by Crippen LogP contribution is -2.01. The molecule has 0 aromatic carbocycles. The molecule has 110 valence electrons. The van der Waals surface area contributed by atoms with Crippen LogP contribution in [0.3, 0.4) is 0 Å². The molecule has 0 aliphatic carbocycles. The first-order chi connectivity index (χ1) is 9.43. The lowest BCUT2D eigenvalue weighted by Gasteiger charge is -2.08. The first-order valence-corrected chi connectivity index (χ1v) is 6.70. The van der Waals surface area contributed by atoms with E-state index in [-0.39, 0.29) is 5.92 Å². The minimum Gasteiger partial charge on any atom is -0.396 e. The molecule has 0 bridgehead atoms. The summed E-state index contributed by atoms with van der Waals surface area (Å²) in [5.74, 6) is -0.183. The van der Waals surface area contributed by atoms with Crippen molar-refractivity contribution in [2.75, 3.05) is 0 Å². The Morgan fingerprint density at radius 1 is 0.850 bits per heavy atom. The van der Waals surface area contributed by atoms with Crippen molar-refractivity contribution in [3.8, 4) is 0 Å². The lowest BCUT2D eigenvalue weighted by molar-refractivity contribution is 0.347. The van der Waals surface area contributed by atoms with Crippen molar-refractivity contribution in [3.63, 3.8) is 0 Å². The van der Waals surface area contributed by atoms with Crippen LogP contribution in [-0.2, 0) is 6.42 Å². The van der Waals surface area contributed by atoms with Crippen LogP contribution in [0, 0.1) is 0 Å². The Bertz CT molecular complexity index is 681. The summed E-state index contributed by atoms with van der Waals surface area (Å²) < 4.78 is 20.3. The van der Waals surface area contributed by atoms with Crippen LogP contribution in [0.5, 0.6) is 0 Å². The van der Waals surface area contributed by atoms with Crippen LogP contribution < -0.4 is 11.6 Å². The van der Waals surface area contributed by atoms with Gasteiger partial charge in [-0.25, -0.2) is 9.59 Å². The fourth-order valence-corrected chi connectivity index (χ4v) is 2.17. The molecule has 0 N–H and O–H groups in total. The van der Waals surface area contributed by atoms with Gasteiger partial charge in [-0.1, -0.05) is 20.8 Å². The highest BCUT2D eigenvalue weighted by atomic mass is 16.6. The topological polar surface area (TPSA) is 86.7 Å². The van der Waals surface area contributed by atoms with Gasteiger partial charge in [-0.05, 0) is 13.3 Å². The van der Waals surface area contributed by atoms with E-state index in [1.807, 2.05) is 20.8 Å². The Labute approximate surface area is 115 Å². The molecule has 1 atom stereocenters. The van der Waals surface area contributed by atoms with Crippen LogP contribution in [0.1, 0.15) is 69.0 Å². The van der Waals surface area contributed by atoms with E-state index in [9.17, 15) is 9.59 Å². The lowest BCUT2D eigenvalue weighted by atomic mass is 9.98. The maximum Gasteiger partial charge on any atom is 0.519 e. The fraction of sp³-hybridized carbons (Fsp3) is 0.571. The number of hydrogen-bond donors (Lipinski definition) is 0. The second kappa shape index (κ2) is 5.56. The highest BCUT2D eigenvalue weighted by molar-refractivity contribution is 5.23. The second-order valence-corrected chi connectivity index (χ2v) is 5.05. The van der Waals surface area contributed by atoms with Crippen molar-refractivity contribution < 1.29 is 17.7 Å². The van der Waals surface area contributed by atoms with Gasteiger partial charge in [-0.2, -0.15) is 0 Å². The molecule has 0 radical (unpaired) electrons. The highest BCUT2D eigenvalue weighted by Crippen LogP contribution is 2.32. The summed E-state index contributed by atoms with van der Waals surface area (Å²) in [6.45, 7) is 7.54. The summed E-state index contributed by atoms with van der Waals surface area (Å²) in [5, 5.41) is 0. The third kappa shape index (κ3) is 2.64. The third-order valence-electron chi connectivity index (χ3n) is 3.09. The maximum absolute atomic E-state index is 11.3. The van der Waals surface area contributed by atoms with Crippen molar-refractivity contribution in [3.05, 3.63) is 44.3 Å². The predicted octanol–water partition coefficient (Wildman–Crippen LogP) is 3.01. The normalized spacial score (nSPS) is 13.1. The van der Waals surface area contributed by atoms with Crippen molar-refractivity contribution in [1.82, 2.24) is 0 Å². The largest absolute Gasteiger partial charge is 0.519 e. The van der Waals surface area contributed by atoms with Gasteiger partial charge >= 0.3 is 11.6 Å². The van der Waals surface area contributed by atoms with Gasteiger partial charge < -0.3 is 17.7 Å². The van der Waals surface area contributed by atoms with E-state index in [0.29, 0.717) is 29.5 Å². The molecule has 2 aromatic heterocycles. The van der Waals surface area contributed by atoms with E-state index >= 15 is 0 Å². The van der Waals surface area contributed by atoms with Crippen molar-refractivity contribution in [1.29, 1.82) is 0 Å². The molecule has 2 heterocycles. The van der Waals surface area contributed by atoms with E-state index in [0.717, 1.165) is 6.42 Å². The summed E-state index contributed by atoms with van der Waals surface area (Å²) in [7, 11) is 0. The van der Waals surface area contributed by atoms with Gasteiger partial charge in [0.2, 0.25) is 0 Å². The maximum atomic E-state index is 11.3. The number of rotatable bonds is 5. The van der Waals surface area contributed by atoms with Gasteiger partial charge in [-0.15, -0.1) is 0 Å². The zero-order valence-corrected chi connectivity index (χ0v) is 12.0. The number of hydrogen-bond acceptors (Lipinski definition) is 6. The van der Waals surface area contributed by atoms with Crippen LogP contribution in [0.15, 0.2) is 27.3 Å². The zero-order chi connectivity index (χ0) is 14.9. The van der Waals surface area contributed by atoms with E-state index in [4.69, 9.17) is 17.7 Å². The van der Waals surface area contributed by atoms with Gasteiger partial charge in [0.25, 0.3) is 0 Å². The van der Waals surface area contributed by atoms with Crippen molar-refractivity contribution in [2.45, 2.75) is 52.4 Å². The van der Waals surface area contributed by atoms with Crippen molar-refractivity contribution in [2.24, 2.45) is 0 Å². The van der Waals surface area contributed by atoms with E-state index < -0.39 is 17.6 Å². The van der Waals surface area contributed by atoms with Crippen LogP contribution in [0.4, 0.5) is 0 Å². The van der Waals surface area contributed by atoms with Crippen LogP contribution in [0.25, 0.3) is 0 Å². The van der Waals surface area contributed by atoms with Crippen LogP contribution >= 0.6 is 0 Å². The average molecular weight is 282 g/mol. The standard InChI is InChI=1S/C14H18O6/c1-5-6-9-11(19-13(15)17-9)8(4)12-10(7(2)3)18-14(16)20-12/h7-8H,5-6H2,1-4H3. The fourth-order valence-electron chi connectivity index (χ4n) is 2.17. The third-order valence-corrected chi connectivity index (χ3v) is 3.09. The van der Waals surface area contributed by atoms with E-state index in [1.165, 1.54) is 0 Å². The summed E-state index contributed by atoms with van der Waals surface area (Å²) in [6, 6.07) is 0. The molecular formula is C14H18O6. The smallest absolute Gasteiger partial charge is 0.396 e. The summed E-state index contributed by atoms with van der Waals surface area (Å²) in [4.78, 5) is 22.6. The predicted molar refractivity (Wildman–Crippen MR) is 70.1 cm³/mol. The first kappa shape index (κ1) is 14.4. The Balaban J connectivity index is 2.48. The minimum absolute atomic E-state index is 0.00727. The average Bonchev–Trinajstić information content (AvgIpc) is 2.92. The molecule has 20 heavy (non-hydrogen) atoms. The van der Waals surface area contributed by atoms with Crippen molar-refractivity contribution >= 4 is 0 Å². The zero-order valence-electron chi connectivity index (χ0n) is 12.0. The second-order valence-electron chi connectivity index (χ2n) is 5.05. The molecule has 0 aliphatic rings. The van der Waals surface area contributed by atoms with Gasteiger partial charge in [0.15, 0.2) is 23.0 Å². The molecule has 6 heteroatoms. The Morgan fingerprint density at radius 3 is 2.00 bits per heavy atom. The molecule has 0 saturated carbocycles. The molecule has 0 saturated heterocycles. The van der Waals surface area contributed by atoms with E-state index in [2.05, 4.69) is 0 Å². The molecule has 0 amide bonds. The Morgan fingerprint density at radius 2 is 1.40 bits per heavy atom. The molecular weight excluding hydrogens is 264 g/mol. The van der Waals surface area contributed by atoms with Gasteiger partial charge in [0.05, 0.1) is 5.92 Å². The minimum atomic E-state index is -0.751. The monoisotopic (exact) mass is 282 g/mol. The summed E-state index contributed by atoms with van der Waals surface area (Å²) in [5.41, 5.74) is 0. The highest BCUT2D eigenvalue weighted by Gasteiger charge is 2.28. The Kier molecular flexibility index (Phi) is 4.01. The van der Waals surface area contributed by atoms with Gasteiger partial charge in [0.1, 0.15) is 0 Å².